The summed E-state index contributed by atoms with van der Waals surface area (Å²) in [7, 11) is -0.447. The third kappa shape index (κ3) is 2.87. The molecule has 1 atom stereocenters. The van der Waals surface area contributed by atoms with Crippen molar-refractivity contribution < 1.29 is 18.1 Å². The maximum atomic E-state index is 13.5. The van der Waals surface area contributed by atoms with Gasteiger partial charge in [0.05, 0.1) is 22.2 Å². The molecule has 2 aliphatic rings. The fourth-order valence-electron chi connectivity index (χ4n) is 3.55. The van der Waals surface area contributed by atoms with Crippen LogP contribution in [0.2, 0.25) is 0 Å². The van der Waals surface area contributed by atoms with Crippen LogP contribution >= 0.6 is 0 Å². The first-order valence-corrected chi connectivity index (χ1v) is 8.79. The molecule has 2 aromatic rings. The van der Waals surface area contributed by atoms with Gasteiger partial charge in [-0.05, 0) is 51.7 Å². The fraction of sp³-hybridized carbons (Fsp3) is 0.611. The van der Waals surface area contributed by atoms with E-state index >= 15 is 0 Å². The first-order valence-electron chi connectivity index (χ1n) is 8.79. The Hall–Kier alpha value is -1.47. The van der Waals surface area contributed by atoms with E-state index in [1.165, 1.54) is 0 Å². The highest BCUT2D eigenvalue weighted by Gasteiger charge is 2.51. The van der Waals surface area contributed by atoms with Crippen molar-refractivity contribution in [1.29, 1.82) is 0 Å². The molecule has 1 aromatic carbocycles. The number of rotatable bonds is 2. The van der Waals surface area contributed by atoms with Crippen molar-refractivity contribution >= 4 is 23.6 Å². The Bertz CT molecular complexity index is 803. The summed E-state index contributed by atoms with van der Waals surface area (Å²) in [5.74, 6) is -2.13. The van der Waals surface area contributed by atoms with Gasteiger partial charge in [0.1, 0.15) is 5.82 Å². The van der Waals surface area contributed by atoms with Gasteiger partial charge < -0.3 is 14.3 Å². The molecule has 4 rings (SSSR count). The monoisotopic (exact) mass is 348 g/mol. The molecule has 1 aromatic heterocycles. The number of nitrogens with zero attached hydrogens (tertiary/aromatic N) is 1. The lowest BCUT2D eigenvalue weighted by atomic mass is 9.79. The summed E-state index contributed by atoms with van der Waals surface area (Å²) in [6.07, 6.45) is 0.279. The fourth-order valence-corrected chi connectivity index (χ4v) is 3.55. The molecule has 1 saturated heterocycles. The second-order valence-electron chi connectivity index (χ2n) is 8.28. The van der Waals surface area contributed by atoms with Crippen LogP contribution in [-0.2, 0) is 9.31 Å². The van der Waals surface area contributed by atoms with Crippen LogP contribution < -0.4 is 5.46 Å². The van der Waals surface area contributed by atoms with Crippen LogP contribution in [0.25, 0.3) is 11.0 Å². The van der Waals surface area contributed by atoms with Crippen LogP contribution in [0.3, 0.4) is 0 Å². The SMILES string of the molecule is CC1(C)OB(c2ccc3nc([C@H]4CCC(F)(F)C4)[nH]c3c2)OC1(C)C. The van der Waals surface area contributed by atoms with E-state index in [1.54, 1.807) is 0 Å². The summed E-state index contributed by atoms with van der Waals surface area (Å²) in [4.78, 5) is 7.74. The van der Waals surface area contributed by atoms with Crippen LogP contribution in [0.5, 0.6) is 0 Å². The molecule has 0 amide bonds. The van der Waals surface area contributed by atoms with Crippen LogP contribution in [-0.4, -0.2) is 34.2 Å². The van der Waals surface area contributed by atoms with Crippen molar-refractivity contribution in [3.8, 4) is 0 Å². The van der Waals surface area contributed by atoms with Gasteiger partial charge in [-0.1, -0.05) is 6.07 Å². The van der Waals surface area contributed by atoms with Crippen molar-refractivity contribution in [3.63, 3.8) is 0 Å². The molecule has 134 valence electrons. The number of aromatic amines is 1. The molecule has 1 saturated carbocycles. The molecule has 0 spiro atoms. The first kappa shape index (κ1) is 17.0. The predicted molar refractivity (Wildman–Crippen MR) is 93.3 cm³/mol. The Morgan fingerprint density at radius 3 is 2.44 bits per heavy atom. The predicted octanol–water partition coefficient (Wildman–Crippen LogP) is 3.76. The average molecular weight is 348 g/mol. The molecule has 7 heteroatoms. The number of halogens is 2. The Kier molecular flexibility index (Phi) is 3.58. The van der Waals surface area contributed by atoms with Crippen molar-refractivity contribution in [2.45, 2.75) is 70.0 Å². The first-order chi connectivity index (χ1) is 11.6. The number of benzene rings is 1. The number of alkyl halides is 2. The van der Waals surface area contributed by atoms with E-state index in [-0.39, 0.29) is 18.8 Å². The van der Waals surface area contributed by atoms with Crippen molar-refractivity contribution in [2.75, 3.05) is 0 Å². The van der Waals surface area contributed by atoms with E-state index in [0.29, 0.717) is 12.2 Å². The zero-order valence-corrected chi connectivity index (χ0v) is 15.0. The highest BCUT2D eigenvalue weighted by Crippen LogP contribution is 2.43. The Morgan fingerprint density at radius 1 is 1.16 bits per heavy atom. The Labute approximate surface area is 146 Å². The lowest BCUT2D eigenvalue weighted by Gasteiger charge is -2.32. The van der Waals surface area contributed by atoms with E-state index in [2.05, 4.69) is 9.97 Å². The van der Waals surface area contributed by atoms with E-state index in [9.17, 15) is 8.78 Å². The van der Waals surface area contributed by atoms with Gasteiger partial charge in [-0.25, -0.2) is 13.8 Å². The standard InChI is InChI=1S/C18H23BF2N2O2/c1-16(2)17(3,4)25-19(24-16)12-5-6-13-14(9-12)23-15(22-13)11-7-8-18(20,21)10-11/h5-6,9,11H,7-8,10H2,1-4H3,(H,22,23)/t11-/m0/s1. The van der Waals surface area contributed by atoms with Crippen LogP contribution in [0.1, 0.15) is 58.7 Å². The van der Waals surface area contributed by atoms with Gasteiger partial charge in [0.25, 0.3) is 0 Å². The third-order valence-electron chi connectivity index (χ3n) is 5.84. The lowest BCUT2D eigenvalue weighted by Crippen LogP contribution is -2.41. The molecule has 2 fully saturated rings. The van der Waals surface area contributed by atoms with Gasteiger partial charge in [0.2, 0.25) is 5.92 Å². The maximum Gasteiger partial charge on any atom is 0.494 e. The van der Waals surface area contributed by atoms with E-state index in [4.69, 9.17) is 9.31 Å². The lowest BCUT2D eigenvalue weighted by molar-refractivity contribution is 0.00578. The third-order valence-corrected chi connectivity index (χ3v) is 5.84. The van der Waals surface area contributed by atoms with Crippen LogP contribution in [0.15, 0.2) is 18.2 Å². The van der Waals surface area contributed by atoms with Crippen LogP contribution in [0, 0.1) is 0 Å². The zero-order chi connectivity index (χ0) is 18.0. The van der Waals surface area contributed by atoms with Gasteiger partial charge in [-0.15, -0.1) is 0 Å². The second kappa shape index (κ2) is 5.27. The van der Waals surface area contributed by atoms with Crippen LogP contribution in [0.4, 0.5) is 8.78 Å². The van der Waals surface area contributed by atoms with E-state index < -0.39 is 24.2 Å². The number of hydrogen-bond donors (Lipinski definition) is 1. The molecule has 1 N–H and O–H groups in total. The highest BCUT2D eigenvalue weighted by molar-refractivity contribution is 6.62. The number of imidazole rings is 1. The minimum Gasteiger partial charge on any atom is -0.399 e. The molecule has 4 nitrogen and oxygen atoms in total. The number of nitrogens with one attached hydrogen (secondary N) is 1. The van der Waals surface area contributed by atoms with E-state index in [0.717, 1.165) is 16.5 Å². The maximum absolute atomic E-state index is 13.5. The summed E-state index contributed by atoms with van der Waals surface area (Å²) in [6.45, 7) is 8.06. The van der Waals surface area contributed by atoms with Crippen molar-refractivity contribution in [2.24, 2.45) is 0 Å². The number of hydrogen-bond acceptors (Lipinski definition) is 3. The van der Waals surface area contributed by atoms with Gasteiger partial charge in [0, 0.05) is 18.8 Å². The summed E-state index contributed by atoms with van der Waals surface area (Å²) >= 11 is 0. The Balaban J connectivity index is 1.61. The molecule has 1 aliphatic carbocycles. The van der Waals surface area contributed by atoms with Crippen molar-refractivity contribution in [1.82, 2.24) is 9.97 Å². The molecule has 0 bridgehead atoms. The molecular weight excluding hydrogens is 325 g/mol. The number of H-pyrrole nitrogens is 1. The minimum absolute atomic E-state index is 0.0616. The smallest absolute Gasteiger partial charge is 0.399 e. The summed E-state index contributed by atoms with van der Waals surface area (Å²) in [6, 6.07) is 5.77. The summed E-state index contributed by atoms with van der Waals surface area (Å²) < 4.78 is 39.1. The average Bonchev–Trinajstić information content (AvgIpc) is 3.12. The largest absolute Gasteiger partial charge is 0.494 e. The molecular formula is C18H23BF2N2O2. The molecule has 0 radical (unpaired) electrons. The minimum atomic E-state index is -2.57. The zero-order valence-electron chi connectivity index (χ0n) is 15.0. The van der Waals surface area contributed by atoms with E-state index in [1.807, 2.05) is 45.9 Å². The molecule has 0 unspecified atom stereocenters. The number of fused-ring (bicyclic) bond motifs is 1. The second-order valence-corrected chi connectivity index (χ2v) is 8.28. The summed E-state index contributed by atoms with van der Waals surface area (Å²) in [5, 5.41) is 0. The molecule has 1 aliphatic heterocycles. The number of aromatic nitrogens is 2. The quantitative estimate of drug-likeness (QED) is 0.841. The van der Waals surface area contributed by atoms with Gasteiger partial charge in [0.15, 0.2) is 0 Å². The molecule has 25 heavy (non-hydrogen) atoms. The topological polar surface area (TPSA) is 47.1 Å². The van der Waals surface area contributed by atoms with Gasteiger partial charge in [-0.2, -0.15) is 0 Å². The van der Waals surface area contributed by atoms with Crippen molar-refractivity contribution in [3.05, 3.63) is 24.0 Å². The summed E-state index contributed by atoms with van der Waals surface area (Å²) in [5.41, 5.74) is 1.71. The highest BCUT2D eigenvalue weighted by atomic mass is 19.3. The Morgan fingerprint density at radius 2 is 1.84 bits per heavy atom. The normalized spacial score (nSPS) is 27.3. The van der Waals surface area contributed by atoms with Gasteiger partial charge in [-0.3, -0.25) is 0 Å². The molecule has 2 heterocycles. The van der Waals surface area contributed by atoms with Gasteiger partial charge >= 0.3 is 7.12 Å².